The van der Waals surface area contributed by atoms with Crippen LogP contribution in [0.15, 0.2) is 29.2 Å². The third kappa shape index (κ3) is 2.89. The second kappa shape index (κ2) is 4.99. The summed E-state index contributed by atoms with van der Waals surface area (Å²) in [6.45, 7) is 0. The van der Waals surface area contributed by atoms with Gasteiger partial charge in [-0.2, -0.15) is 0 Å². The van der Waals surface area contributed by atoms with E-state index in [1.165, 1.54) is 12.1 Å². The second-order valence-corrected chi connectivity index (χ2v) is 7.50. The minimum absolute atomic E-state index is 0.0676. The summed E-state index contributed by atoms with van der Waals surface area (Å²) in [7, 11) is -3.46. The predicted octanol–water partition coefficient (Wildman–Crippen LogP) is 1.55. The molecule has 1 aromatic rings. The number of nitrogens with one attached hydrogen (secondary N) is 2. The molecule has 0 unspecified atom stereocenters. The fourth-order valence-corrected chi connectivity index (χ4v) is 3.71. The lowest BCUT2D eigenvalue weighted by Gasteiger charge is -2.39. The number of anilines is 1. The summed E-state index contributed by atoms with van der Waals surface area (Å²) in [6.07, 6.45) is 3.84. The van der Waals surface area contributed by atoms with Gasteiger partial charge in [-0.25, -0.2) is 17.9 Å². The Kier molecular flexibility index (Phi) is 3.41. The molecule has 3 rings (SSSR count). The summed E-state index contributed by atoms with van der Waals surface area (Å²) in [5, 5.41) is 12.3. The van der Waals surface area contributed by atoms with Gasteiger partial charge in [-0.15, -0.1) is 0 Å². The van der Waals surface area contributed by atoms with E-state index in [0.29, 0.717) is 18.5 Å². The molecule has 0 saturated heterocycles. The van der Waals surface area contributed by atoms with Crippen LogP contribution in [0.25, 0.3) is 0 Å². The smallest absolute Gasteiger partial charge is 0.329 e. The molecule has 0 spiro atoms. The van der Waals surface area contributed by atoms with Crippen LogP contribution in [0.2, 0.25) is 0 Å². The van der Waals surface area contributed by atoms with Gasteiger partial charge in [-0.05, 0) is 56.4 Å². The van der Waals surface area contributed by atoms with Crippen molar-refractivity contribution >= 4 is 21.7 Å². The molecule has 2 fully saturated rings. The molecule has 6 nitrogen and oxygen atoms in total. The van der Waals surface area contributed by atoms with E-state index in [-0.39, 0.29) is 10.9 Å². The monoisotopic (exact) mass is 310 g/mol. The fourth-order valence-electron chi connectivity index (χ4n) is 2.41. The first-order valence-corrected chi connectivity index (χ1v) is 8.54. The highest BCUT2D eigenvalue weighted by atomic mass is 32.2. The van der Waals surface area contributed by atoms with Gasteiger partial charge >= 0.3 is 5.97 Å². The number of carbonyl (C=O) groups is 1. The first-order chi connectivity index (χ1) is 9.91. The van der Waals surface area contributed by atoms with Crippen molar-refractivity contribution in [2.75, 3.05) is 5.32 Å². The first-order valence-electron chi connectivity index (χ1n) is 7.05. The molecule has 1 aromatic carbocycles. The van der Waals surface area contributed by atoms with Crippen LogP contribution in [0.1, 0.15) is 32.1 Å². The average Bonchev–Trinajstić information content (AvgIpc) is 3.17. The van der Waals surface area contributed by atoms with Crippen molar-refractivity contribution in [1.82, 2.24) is 4.72 Å². The molecule has 0 atom stereocenters. The highest BCUT2D eigenvalue weighted by Gasteiger charge is 2.44. The van der Waals surface area contributed by atoms with E-state index in [2.05, 4.69) is 10.0 Å². The Balaban J connectivity index is 1.73. The third-order valence-corrected chi connectivity index (χ3v) is 5.60. The Morgan fingerprint density at radius 1 is 1.19 bits per heavy atom. The highest BCUT2D eigenvalue weighted by Crippen LogP contribution is 2.35. The van der Waals surface area contributed by atoms with Crippen molar-refractivity contribution in [1.29, 1.82) is 0 Å². The topological polar surface area (TPSA) is 95.5 Å². The van der Waals surface area contributed by atoms with Gasteiger partial charge in [0.25, 0.3) is 0 Å². The molecule has 2 aliphatic rings. The first kappa shape index (κ1) is 14.3. The van der Waals surface area contributed by atoms with Crippen LogP contribution >= 0.6 is 0 Å². The van der Waals surface area contributed by atoms with E-state index >= 15 is 0 Å². The van der Waals surface area contributed by atoms with Gasteiger partial charge in [0.05, 0.1) is 4.90 Å². The Bertz CT molecular complexity index is 646. The molecule has 2 aliphatic carbocycles. The predicted molar refractivity (Wildman–Crippen MR) is 77.6 cm³/mol. The Labute approximate surface area is 123 Å². The molecule has 0 heterocycles. The van der Waals surface area contributed by atoms with Gasteiger partial charge in [0.2, 0.25) is 10.0 Å². The van der Waals surface area contributed by atoms with E-state index in [1.54, 1.807) is 12.1 Å². The largest absolute Gasteiger partial charge is 0.480 e. The maximum absolute atomic E-state index is 12.0. The number of carboxylic acids is 1. The quantitative estimate of drug-likeness (QED) is 0.741. The van der Waals surface area contributed by atoms with E-state index in [1.807, 2.05) is 0 Å². The molecular weight excluding hydrogens is 292 g/mol. The van der Waals surface area contributed by atoms with Crippen molar-refractivity contribution in [3.63, 3.8) is 0 Å². The van der Waals surface area contributed by atoms with Gasteiger partial charge in [-0.1, -0.05) is 0 Å². The number of hydrogen-bond acceptors (Lipinski definition) is 4. The van der Waals surface area contributed by atoms with Crippen molar-refractivity contribution in [2.45, 2.75) is 48.6 Å². The Morgan fingerprint density at radius 3 is 2.24 bits per heavy atom. The Hall–Kier alpha value is -1.60. The standard InChI is InChI=1S/C14H18N2O4S/c17-13(18)14(8-1-9-14)15-10-4-6-12(7-5-10)21(19,20)16-11-2-3-11/h4-7,11,15-16H,1-3,8-9H2,(H,17,18). The zero-order chi connectivity index (χ0) is 15.1. The normalized spacial score (nSPS) is 20.6. The van der Waals surface area contributed by atoms with Crippen LogP contribution in [0.5, 0.6) is 0 Å². The maximum atomic E-state index is 12.0. The minimum Gasteiger partial charge on any atom is -0.480 e. The van der Waals surface area contributed by atoms with Gasteiger partial charge in [0, 0.05) is 11.7 Å². The number of aliphatic carboxylic acids is 1. The van der Waals surface area contributed by atoms with Gasteiger partial charge in [-0.3, -0.25) is 0 Å². The van der Waals surface area contributed by atoms with E-state index in [4.69, 9.17) is 0 Å². The summed E-state index contributed by atoms with van der Waals surface area (Å²) < 4.78 is 26.7. The maximum Gasteiger partial charge on any atom is 0.329 e. The summed E-state index contributed by atoms with van der Waals surface area (Å²) in [4.78, 5) is 11.5. The summed E-state index contributed by atoms with van der Waals surface area (Å²) >= 11 is 0. The molecule has 0 radical (unpaired) electrons. The number of sulfonamides is 1. The lowest BCUT2D eigenvalue weighted by Crippen LogP contribution is -2.52. The fraction of sp³-hybridized carbons (Fsp3) is 0.500. The molecule has 7 heteroatoms. The molecular formula is C14H18N2O4S. The molecule has 0 aromatic heterocycles. The molecule has 0 bridgehead atoms. The third-order valence-electron chi connectivity index (χ3n) is 4.06. The minimum atomic E-state index is -3.46. The van der Waals surface area contributed by atoms with Gasteiger partial charge < -0.3 is 10.4 Å². The second-order valence-electron chi connectivity index (χ2n) is 5.79. The zero-order valence-electron chi connectivity index (χ0n) is 11.5. The lowest BCUT2D eigenvalue weighted by atomic mass is 9.76. The zero-order valence-corrected chi connectivity index (χ0v) is 12.3. The van der Waals surface area contributed by atoms with Gasteiger partial charge in [0.15, 0.2) is 0 Å². The van der Waals surface area contributed by atoms with E-state index < -0.39 is 21.5 Å². The lowest BCUT2D eigenvalue weighted by molar-refractivity contribution is -0.145. The summed E-state index contributed by atoms with van der Waals surface area (Å²) in [5.41, 5.74) is -0.269. The highest BCUT2D eigenvalue weighted by molar-refractivity contribution is 7.89. The average molecular weight is 310 g/mol. The van der Waals surface area contributed by atoms with Crippen molar-refractivity contribution in [3.05, 3.63) is 24.3 Å². The van der Waals surface area contributed by atoms with Crippen molar-refractivity contribution in [3.8, 4) is 0 Å². The molecule has 3 N–H and O–H groups in total. The van der Waals surface area contributed by atoms with Crippen LogP contribution in [0.4, 0.5) is 5.69 Å². The molecule has 0 aliphatic heterocycles. The molecule has 2 saturated carbocycles. The number of benzene rings is 1. The number of rotatable bonds is 6. The summed E-state index contributed by atoms with van der Waals surface area (Å²) in [5.74, 6) is -0.860. The molecule has 21 heavy (non-hydrogen) atoms. The number of carboxylic acid groups (broad SMARTS) is 1. The molecule has 114 valence electrons. The summed E-state index contributed by atoms with van der Waals surface area (Å²) in [6, 6.07) is 6.30. The van der Waals surface area contributed by atoms with Crippen molar-refractivity contribution < 1.29 is 18.3 Å². The SMILES string of the molecule is O=C(O)C1(Nc2ccc(S(=O)(=O)NC3CC3)cc2)CCC1. The van der Waals surface area contributed by atoms with Crippen LogP contribution < -0.4 is 10.0 Å². The van der Waals surface area contributed by atoms with E-state index in [9.17, 15) is 18.3 Å². The Morgan fingerprint density at radius 2 is 1.81 bits per heavy atom. The van der Waals surface area contributed by atoms with E-state index in [0.717, 1.165) is 19.3 Å². The molecule has 0 amide bonds. The van der Waals surface area contributed by atoms with Crippen LogP contribution in [-0.2, 0) is 14.8 Å². The van der Waals surface area contributed by atoms with Crippen molar-refractivity contribution in [2.24, 2.45) is 0 Å². The van der Waals surface area contributed by atoms with Crippen LogP contribution in [0, 0.1) is 0 Å². The van der Waals surface area contributed by atoms with Crippen LogP contribution in [-0.4, -0.2) is 31.1 Å². The van der Waals surface area contributed by atoms with Crippen LogP contribution in [0.3, 0.4) is 0 Å². The number of hydrogen-bond donors (Lipinski definition) is 3. The van der Waals surface area contributed by atoms with Gasteiger partial charge in [0.1, 0.15) is 5.54 Å².